The van der Waals surface area contributed by atoms with Crippen molar-refractivity contribution in [1.29, 1.82) is 0 Å². The zero-order valence-electron chi connectivity index (χ0n) is 22.2. The number of carboxylic acids is 1. The second-order valence-corrected chi connectivity index (χ2v) is 9.83. The number of benzene rings is 3. The van der Waals surface area contributed by atoms with E-state index in [1.54, 1.807) is 6.07 Å². The first-order valence-corrected chi connectivity index (χ1v) is 13.6. The average Bonchev–Trinajstić information content (AvgIpc) is 3.31. The van der Waals surface area contributed by atoms with E-state index < -0.39 is 11.9 Å². The number of nitrogens with zero attached hydrogens (tertiary/aromatic N) is 2. The number of anilines is 1. The largest absolute Gasteiger partial charge is 0.478 e. The Bertz CT molecular complexity index is 1520. The van der Waals surface area contributed by atoms with E-state index in [9.17, 15) is 14.7 Å². The topological polar surface area (TPSA) is 93.5 Å². The van der Waals surface area contributed by atoms with Gasteiger partial charge in [0.25, 0.3) is 0 Å². The molecule has 1 heterocycles. The summed E-state index contributed by atoms with van der Waals surface area (Å²) in [7, 11) is 0. The van der Waals surface area contributed by atoms with Crippen LogP contribution in [0.5, 0.6) is 0 Å². The minimum Gasteiger partial charge on any atom is -0.478 e. The zero-order chi connectivity index (χ0) is 27.2. The molecule has 1 aliphatic rings. The molecule has 0 aliphatic heterocycles. The molecule has 1 aromatic heterocycles. The first kappa shape index (κ1) is 26.2. The third kappa shape index (κ3) is 5.87. The van der Waals surface area contributed by atoms with Gasteiger partial charge in [0.2, 0.25) is 0 Å². The van der Waals surface area contributed by atoms with Crippen molar-refractivity contribution in [3.8, 4) is 11.1 Å². The Kier molecular flexibility index (Phi) is 8.06. The molecule has 7 nitrogen and oxygen atoms in total. The van der Waals surface area contributed by atoms with Crippen LogP contribution in [0.25, 0.3) is 22.2 Å². The van der Waals surface area contributed by atoms with E-state index in [1.807, 2.05) is 71.3 Å². The molecule has 4 aromatic rings. The number of nitrogens with one attached hydrogen (secondary N) is 1. The summed E-state index contributed by atoms with van der Waals surface area (Å²) in [6, 6.07) is 23.1. The van der Waals surface area contributed by atoms with Crippen LogP contribution in [0.1, 0.15) is 61.6 Å². The number of aliphatic carboxylic acids is 1. The van der Waals surface area contributed by atoms with E-state index in [2.05, 4.69) is 12.2 Å². The summed E-state index contributed by atoms with van der Waals surface area (Å²) in [5.74, 6) is -0.408. The van der Waals surface area contributed by atoms with Gasteiger partial charge in [-0.2, -0.15) is 0 Å². The van der Waals surface area contributed by atoms with Gasteiger partial charge in [-0.05, 0) is 67.5 Å². The minimum atomic E-state index is -0.868. The summed E-state index contributed by atoms with van der Waals surface area (Å²) < 4.78 is 7.83. The van der Waals surface area contributed by atoms with Crippen LogP contribution in [0, 0.1) is 0 Å². The molecule has 0 unspecified atom stereocenters. The van der Waals surface area contributed by atoms with Gasteiger partial charge in [-0.15, -0.1) is 0 Å². The van der Waals surface area contributed by atoms with Crippen molar-refractivity contribution in [2.45, 2.75) is 58.6 Å². The van der Waals surface area contributed by atoms with Crippen molar-refractivity contribution in [3.63, 3.8) is 0 Å². The van der Waals surface area contributed by atoms with Crippen LogP contribution in [-0.2, 0) is 22.7 Å². The number of carbonyl (C=O) groups excluding carboxylic acids is 1. The number of aryl methyl sites for hydroxylation is 1. The molecular weight excluding hydrogens is 490 g/mol. The summed E-state index contributed by atoms with van der Waals surface area (Å²) >= 11 is 0. The van der Waals surface area contributed by atoms with E-state index in [1.165, 1.54) is 0 Å². The molecule has 0 saturated heterocycles. The number of allylic oxidation sites excluding steroid dienone is 1. The van der Waals surface area contributed by atoms with E-state index in [0.717, 1.165) is 71.5 Å². The molecule has 200 valence electrons. The van der Waals surface area contributed by atoms with Crippen molar-refractivity contribution in [2.75, 3.05) is 5.32 Å². The molecule has 0 amide bonds. The van der Waals surface area contributed by atoms with E-state index in [4.69, 9.17) is 9.72 Å². The van der Waals surface area contributed by atoms with E-state index >= 15 is 0 Å². The van der Waals surface area contributed by atoms with Gasteiger partial charge in [-0.25, -0.2) is 14.6 Å². The summed E-state index contributed by atoms with van der Waals surface area (Å²) in [5.41, 5.74) is 5.94. The van der Waals surface area contributed by atoms with Crippen LogP contribution in [0.3, 0.4) is 0 Å². The lowest BCUT2D eigenvalue weighted by molar-refractivity contribution is -0.133. The molecule has 7 heteroatoms. The molecule has 0 fully saturated rings. The Morgan fingerprint density at radius 3 is 2.56 bits per heavy atom. The van der Waals surface area contributed by atoms with Crippen molar-refractivity contribution in [2.24, 2.45) is 0 Å². The van der Waals surface area contributed by atoms with Crippen molar-refractivity contribution < 1.29 is 19.4 Å². The maximum atomic E-state index is 13.3. The fourth-order valence-electron chi connectivity index (χ4n) is 5.11. The number of hydrogen-bond acceptors (Lipinski definition) is 5. The molecule has 0 atom stereocenters. The van der Waals surface area contributed by atoms with Crippen molar-refractivity contribution in [3.05, 3.63) is 95.5 Å². The molecule has 0 saturated carbocycles. The summed E-state index contributed by atoms with van der Waals surface area (Å²) in [5, 5.41) is 13.0. The smallest absolute Gasteiger partial charge is 0.340 e. The van der Waals surface area contributed by atoms with Gasteiger partial charge in [0.15, 0.2) is 6.73 Å². The van der Waals surface area contributed by atoms with Gasteiger partial charge >= 0.3 is 11.9 Å². The van der Waals surface area contributed by atoms with Gasteiger partial charge in [-0.1, -0.05) is 61.9 Å². The number of carboxylic acid groups (broad SMARTS) is 1. The van der Waals surface area contributed by atoms with E-state index in [-0.39, 0.29) is 6.73 Å². The SMILES string of the molecule is CCCCc1nc2ccc(NC3=C(C(=O)O)CCCC3)cc2n1COC(=O)c1ccccc1-c1ccccc1. The average molecular weight is 524 g/mol. The van der Waals surface area contributed by atoms with Gasteiger partial charge in [0.05, 0.1) is 22.2 Å². The zero-order valence-corrected chi connectivity index (χ0v) is 22.2. The van der Waals surface area contributed by atoms with Gasteiger partial charge in [0.1, 0.15) is 5.82 Å². The van der Waals surface area contributed by atoms with Crippen LogP contribution in [-0.4, -0.2) is 26.6 Å². The molecule has 0 spiro atoms. The minimum absolute atomic E-state index is 0.0318. The second-order valence-electron chi connectivity index (χ2n) is 9.83. The van der Waals surface area contributed by atoms with Crippen LogP contribution >= 0.6 is 0 Å². The Balaban J connectivity index is 1.44. The molecule has 0 radical (unpaired) electrons. The first-order chi connectivity index (χ1) is 19.0. The monoisotopic (exact) mass is 523 g/mol. The number of esters is 1. The maximum Gasteiger partial charge on any atom is 0.340 e. The number of rotatable bonds is 10. The predicted octanol–water partition coefficient (Wildman–Crippen LogP) is 7.19. The number of imidazole rings is 1. The van der Waals surface area contributed by atoms with Crippen LogP contribution < -0.4 is 5.32 Å². The van der Waals surface area contributed by atoms with Gasteiger partial charge < -0.3 is 15.2 Å². The van der Waals surface area contributed by atoms with Crippen LogP contribution in [0.4, 0.5) is 5.69 Å². The van der Waals surface area contributed by atoms with Crippen molar-refractivity contribution >= 4 is 28.7 Å². The Labute approximate surface area is 228 Å². The molecule has 3 aromatic carbocycles. The lowest BCUT2D eigenvalue weighted by atomic mass is 9.96. The number of aromatic nitrogens is 2. The summed E-state index contributed by atoms with van der Waals surface area (Å²) in [4.78, 5) is 29.9. The fourth-order valence-corrected chi connectivity index (χ4v) is 5.11. The van der Waals surface area contributed by atoms with E-state index in [0.29, 0.717) is 24.0 Å². The fraction of sp³-hybridized carbons (Fsp3) is 0.281. The van der Waals surface area contributed by atoms with Crippen LogP contribution in [0.2, 0.25) is 0 Å². The predicted molar refractivity (Wildman–Crippen MR) is 152 cm³/mol. The normalized spacial score (nSPS) is 13.5. The molecular formula is C32H33N3O4. The lowest BCUT2D eigenvalue weighted by Gasteiger charge is -2.19. The molecule has 2 N–H and O–H groups in total. The number of unbranched alkanes of at least 4 members (excludes halogenated alkanes) is 1. The second kappa shape index (κ2) is 12.0. The molecule has 1 aliphatic carbocycles. The highest BCUT2D eigenvalue weighted by atomic mass is 16.5. The van der Waals surface area contributed by atoms with Gasteiger partial charge in [0, 0.05) is 17.8 Å². The molecule has 39 heavy (non-hydrogen) atoms. The lowest BCUT2D eigenvalue weighted by Crippen LogP contribution is -2.15. The number of carbonyl (C=O) groups is 2. The number of fused-ring (bicyclic) bond motifs is 1. The Hall–Kier alpha value is -4.39. The third-order valence-electron chi connectivity index (χ3n) is 7.16. The molecule has 5 rings (SSSR count). The quantitative estimate of drug-likeness (QED) is 0.214. The third-order valence-corrected chi connectivity index (χ3v) is 7.16. The summed E-state index contributed by atoms with van der Waals surface area (Å²) in [6.07, 6.45) is 5.87. The van der Waals surface area contributed by atoms with Crippen LogP contribution in [0.15, 0.2) is 84.1 Å². The highest BCUT2D eigenvalue weighted by molar-refractivity contribution is 5.97. The highest BCUT2D eigenvalue weighted by Gasteiger charge is 2.20. The van der Waals surface area contributed by atoms with Gasteiger partial charge in [-0.3, -0.25) is 4.57 Å². The summed E-state index contributed by atoms with van der Waals surface area (Å²) in [6.45, 7) is 2.16. The maximum absolute atomic E-state index is 13.3. The highest BCUT2D eigenvalue weighted by Crippen LogP contribution is 2.29. The number of hydrogen-bond donors (Lipinski definition) is 2. The molecule has 0 bridgehead atoms. The number of ether oxygens (including phenoxy) is 1. The standard InChI is InChI=1S/C32H33N3O4/c1-2-3-17-30-34-28-19-18-23(33-27-16-10-9-15-26(27)31(36)37)20-29(28)35(30)21-39-32(38)25-14-8-7-13-24(25)22-11-5-4-6-12-22/h4-8,11-14,18-20,33H,2-3,9-10,15-17,21H2,1H3,(H,36,37). The van der Waals surface area contributed by atoms with Crippen molar-refractivity contribution in [1.82, 2.24) is 9.55 Å². The Morgan fingerprint density at radius 1 is 1.00 bits per heavy atom. The Morgan fingerprint density at radius 2 is 1.77 bits per heavy atom. The first-order valence-electron chi connectivity index (χ1n) is 13.6.